The van der Waals surface area contributed by atoms with Crippen molar-refractivity contribution in [1.82, 2.24) is 5.32 Å². The van der Waals surface area contributed by atoms with Crippen molar-refractivity contribution in [3.05, 3.63) is 58.6 Å². The van der Waals surface area contributed by atoms with Crippen LogP contribution in [0.1, 0.15) is 13.3 Å². The molecule has 0 spiro atoms. The van der Waals surface area contributed by atoms with E-state index in [1.807, 2.05) is 30.0 Å². The second kappa shape index (κ2) is 9.25. The highest BCUT2D eigenvalue weighted by atomic mass is 16.6. The predicted molar refractivity (Wildman–Crippen MR) is 113 cm³/mol. The van der Waals surface area contributed by atoms with Gasteiger partial charge in [-0.05, 0) is 30.7 Å². The van der Waals surface area contributed by atoms with Crippen LogP contribution in [-0.2, 0) is 9.59 Å². The lowest BCUT2D eigenvalue weighted by Crippen LogP contribution is -2.51. The number of rotatable bonds is 7. The first-order valence-electron chi connectivity index (χ1n) is 9.70. The highest BCUT2D eigenvalue weighted by Crippen LogP contribution is 2.33. The van der Waals surface area contributed by atoms with Crippen LogP contribution in [0.3, 0.4) is 0 Å². The number of anilines is 2. The zero-order valence-corrected chi connectivity index (χ0v) is 16.9. The van der Waals surface area contributed by atoms with E-state index in [1.165, 1.54) is 29.2 Å². The lowest BCUT2D eigenvalue weighted by Gasteiger charge is -2.36. The zero-order chi connectivity index (χ0) is 21.7. The van der Waals surface area contributed by atoms with E-state index in [9.17, 15) is 19.7 Å². The molecule has 9 nitrogen and oxygen atoms in total. The SMILES string of the molecule is CCCNC(=O)C1CN(CC(=O)N(C)c2ccc([N+](=O)[O-])cc2)c2ccccc2O1. The molecule has 1 aliphatic rings. The van der Waals surface area contributed by atoms with Gasteiger partial charge in [-0.1, -0.05) is 19.1 Å². The Labute approximate surface area is 174 Å². The summed E-state index contributed by atoms with van der Waals surface area (Å²) in [6.07, 6.45) is 0.0982. The van der Waals surface area contributed by atoms with Gasteiger partial charge in [-0.15, -0.1) is 0 Å². The summed E-state index contributed by atoms with van der Waals surface area (Å²) < 4.78 is 5.84. The van der Waals surface area contributed by atoms with Gasteiger partial charge in [0.2, 0.25) is 5.91 Å². The van der Waals surface area contributed by atoms with Crippen LogP contribution < -0.4 is 19.9 Å². The van der Waals surface area contributed by atoms with Crippen molar-refractivity contribution >= 4 is 28.9 Å². The van der Waals surface area contributed by atoms with E-state index >= 15 is 0 Å². The number of para-hydroxylation sites is 2. The van der Waals surface area contributed by atoms with Crippen LogP contribution in [0.5, 0.6) is 5.75 Å². The van der Waals surface area contributed by atoms with Crippen molar-refractivity contribution in [3.8, 4) is 5.75 Å². The van der Waals surface area contributed by atoms with Crippen LogP contribution in [0.15, 0.2) is 48.5 Å². The van der Waals surface area contributed by atoms with E-state index in [4.69, 9.17) is 4.74 Å². The molecule has 1 N–H and O–H groups in total. The Morgan fingerprint density at radius 2 is 1.93 bits per heavy atom. The maximum atomic E-state index is 12.9. The number of nitro groups is 1. The fourth-order valence-electron chi connectivity index (χ4n) is 3.17. The number of nitrogens with one attached hydrogen (secondary N) is 1. The summed E-state index contributed by atoms with van der Waals surface area (Å²) in [6, 6.07) is 13.1. The van der Waals surface area contributed by atoms with Crippen molar-refractivity contribution < 1.29 is 19.2 Å². The molecule has 0 saturated carbocycles. The number of likely N-dealkylation sites (N-methyl/N-ethyl adjacent to an activating group) is 1. The number of amides is 2. The summed E-state index contributed by atoms with van der Waals surface area (Å²) >= 11 is 0. The number of nitrogens with zero attached hydrogens (tertiary/aromatic N) is 3. The molecule has 0 saturated heterocycles. The van der Waals surface area contributed by atoms with Crippen LogP contribution in [0.2, 0.25) is 0 Å². The number of ether oxygens (including phenoxy) is 1. The van der Waals surface area contributed by atoms with Crippen molar-refractivity contribution in [3.63, 3.8) is 0 Å². The van der Waals surface area contributed by atoms with Gasteiger partial charge < -0.3 is 19.9 Å². The lowest BCUT2D eigenvalue weighted by atomic mass is 10.1. The van der Waals surface area contributed by atoms with Crippen LogP contribution >= 0.6 is 0 Å². The first-order valence-corrected chi connectivity index (χ1v) is 9.70. The highest BCUT2D eigenvalue weighted by Gasteiger charge is 2.32. The van der Waals surface area contributed by atoms with Gasteiger partial charge in [0, 0.05) is 31.4 Å². The molecule has 0 aromatic heterocycles. The zero-order valence-electron chi connectivity index (χ0n) is 16.9. The van der Waals surface area contributed by atoms with Gasteiger partial charge in [-0.3, -0.25) is 19.7 Å². The molecule has 1 atom stereocenters. The van der Waals surface area contributed by atoms with E-state index in [0.717, 1.165) is 12.1 Å². The van der Waals surface area contributed by atoms with Gasteiger partial charge in [-0.25, -0.2) is 0 Å². The molecular weight excluding hydrogens is 388 g/mol. The summed E-state index contributed by atoms with van der Waals surface area (Å²) in [5, 5.41) is 13.6. The minimum absolute atomic E-state index is 0.0332. The number of carbonyl (C=O) groups is 2. The first-order chi connectivity index (χ1) is 14.4. The molecule has 1 heterocycles. The molecule has 0 radical (unpaired) electrons. The van der Waals surface area contributed by atoms with Gasteiger partial charge in [0.05, 0.1) is 23.7 Å². The summed E-state index contributed by atoms with van der Waals surface area (Å²) in [5.74, 6) is 0.118. The number of fused-ring (bicyclic) bond motifs is 1. The molecule has 0 fully saturated rings. The Hall–Kier alpha value is -3.62. The summed E-state index contributed by atoms with van der Waals surface area (Å²) in [6.45, 7) is 2.80. The fourth-order valence-corrected chi connectivity index (χ4v) is 3.17. The molecule has 158 valence electrons. The van der Waals surface area contributed by atoms with Crippen molar-refractivity contribution in [2.45, 2.75) is 19.4 Å². The van der Waals surface area contributed by atoms with Gasteiger partial charge >= 0.3 is 0 Å². The topological polar surface area (TPSA) is 105 Å². The van der Waals surface area contributed by atoms with Crippen LogP contribution in [0.4, 0.5) is 17.1 Å². The molecule has 1 aliphatic heterocycles. The minimum atomic E-state index is -0.719. The number of nitro benzene ring substituents is 1. The van der Waals surface area contributed by atoms with Crippen LogP contribution in [-0.4, -0.2) is 49.5 Å². The fraction of sp³-hybridized carbons (Fsp3) is 0.333. The van der Waals surface area contributed by atoms with E-state index in [-0.39, 0.29) is 30.6 Å². The number of carbonyl (C=O) groups excluding carboxylic acids is 2. The molecular formula is C21H24N4O5. The van der Waals surface area contributed by atoms with E-state index in [2.05, 4.69) is 5.32 Å². The molecule has 0 bridgehead atoms. The Bertz CT molecular complexity index is 931. The average Bonchev–Trinajstić information content (AvgIpc) is 2.76. The predicted octanol–water partition coefficient (Wildman–Crippen LogP) is 2.35. The van der Waals surface area contributed by atoms with E-state index in [1.54, 1.807) is 13.1 Å². The van der Waals surface area contributed by atoms with Gasteiger partial charge in [0.15, 0.2) is 6.10 Å². The number of hydrogen-bond acceptors (Lipinski definition) is 6. The second-order valence-electron chi connectivity index (χ2n) is 6.97. The number of non-ortho nitro benzene ring substituents is 1. The normalized spacial score (nSPS) is 15.0. The average molecular weight is 412 g/mol. The van der Waals surface area contributed by atoms with E-state index in [0.29, 0.717) is 18.0 Å². The molecule has 0 aliphatic carbocycles. The summed E-state index contributed by atoms with van der Waals surface area (Å²) in [4.78, 5) is 38.9. The molecule has 30 heavy (non-hydrogen) atoms. The Morgan fingerprint density at radius 3 is 2.60 bits per heavy atom. The quantitative estimate of drug-likeness (QED) is 0.553. The minimum Gasteiger partial charge on any atom is -0.477 e. The third-order valence-corrected chi connectivity index (χ3v) is 4.85. The maximum absolute atomic E-state index is 12.9. The summed E-state index contributed by atoms with van der Waals surface area (Å²) in [5.41, 5.74) is 1.24. The number of hydrogen-bond donors (Lipinski definition) is 1. The second-order valence-corrected chi connectivity index (χ2v) is 6.97. The van der Waals surface area contributed by atoms with Gasteiger partial charge in [-0.2, -0.15) is 0 Å². The monoisotopic (exact) mass is 412 g/mol. The first kappa shape index (κ1) is 21.1. The van der Waals surface area contributed by atoms with Crippen molar-refractivity contribution in [2.24, 2.45) is 0 Å². The van der Waals surface area contributed by atoms with Crippen LogP contribution in [0, 0.1) is 10.1 Å². The van der Waals surface area contributed by atoms with Gasteiger partial charge in [0.25, 0.3) is 11.6 Å². The summed E-state index contributed by atoms with van der Waals surface area (Å²) in [7, 11) is 1.61. The standard InChI is InChI=1S/C21H24N4O5/c1-3-12-22-21(27)19-13-24(17-6-4-5-7-18(17)30-19)14-20(26)23(2)15-8-10-16(11-9-15)25(28)29/h4-11,19H,3,12-14H2,1-2H3,(H,22,27). The Morgan fingerprint density at radius 1 is 1.23 bits per heavy atom. The van der Waals surface area contributed by atoms with Crippen molar-refractivity contribution in [2.75, 3.05) is 36.5 Å². The highest BCUT2D eigenvalue weighted by molar-refractivity contribution is 5.96. The number of benzene rings is 2. The molecule has 1 unspecified atom stereocenters. The molecule has 9 heteroatoms. The molecule has 3 rings (SSSR count). The molecule has 2 aromatic rings. The third-order valence-electron chi connectivity index (χ3n) is 4.85. The lowest BCUT2D eigenvalue weighted by molar-refractivity contribution is -0.384. The Balaban J connectivity index is 1.75. The van der Waals surface area contributed by atoms with Gasteiger partial charge in [0.1, 0.15) is 5.75 Å². The third kappa shape index (κ3) is 4.68. The molecule has 2 amide bonds. The van der Waals surface area contributed by atoms with E-state index < -0.39 is 11.0 Å². The largest absolute Gasteiger partial charge is 0.477 e. The van der Waals surface area contributed by atoms with Crippen LogP contribution in [0.25, 0.3) is 0 Å². The molecule has 2 aromatic carbocycles. The maximum Gasteiger partial charge on any atom is 0.269 e. The Kier molecular flexibility index (Phi) is 6.51. The smallest absolute Gasteiger partial charge is 0.269 e. The van der Waals surface area contributed by atoms with Crippen molar-refractivity contribution in [1.29, 1.82) is 0 Å².